The number of alkyl halides is 3. The summed E-state index contributed by atoms with van der Waals surface area (Å²) in [6.45, 7) is 3.48. The molecule has 1 saturated heterocycles. The highest BCUT2D eigenvalue weighted by molar-refractivity contribution is 7.99. The highest BCUT2D eigenvalue weighted by atomic mass is 32.2. The number of benzene rings is 2. The number of hydrogen-bond donors (Lipinski definition) is 0. The van der Waals surface area contributed by atoms with E-state index in [0.29, 0.717) is 59.2 Å². The van der Waals surface area contributed by atoms with Crippen LogP contribution in [0.15, 0.2) is 76.0 Å². The molecule has 3 heterocycles. The highest BCUT2D eigenvalue weighted by Crippen LogP contribution is 2.31. The number of hydrogen-bond acceptors (Lipinski definition) is 6. The molecule has 0 saturated carbocycles. The van der Waals surface area contributed by atoms with Crippen molar-refractivity contribution in [1.82, 2.24) is 19.4 Å². The molecule has 1 unspecified atom stereocenters. The summed E-state index contributed by atoms with van der Waals surface area (Å²) < 4.78 is 41.5. The number of thiophene rings is 1. The van der Waals surface area contributed by atoms with Crippen LogP contribution in [0.2, 0.25) is 0 Å². The number of rotatable bonds is 9. The number of piperazine rings is 1. The van der Waals surface area contributed by atoms with Crippen LogP contribution < -0.4 is 5.56 Å². The first-order valence-electron chi connectivity index (χ1n) is 14.1. The fourth-order valence-corrected chi connectivity index (χ4v) is 6.85. The summed E-state index contributed by atoms with van der Waals surface area (Å²) in [5.41, 5.74) is -0.673. The minimum Gasteiger partial charge on any atom is -0.339 e. The van der Waals surface area contributed by atoms with Crippen molar-refractivity contribution in [2.75, 3.05) is 25.4 Å². The number of halogens is 3. The lowest BCUT2D eigenvalue weighted by Gasteiger charge is -2.39. The minimum atomic E-state index is -4.54. The van der Waals surface area contributed by atoms with Gasteiger partial charge in [-0.3, -0.25) is 19.0 Å². The number of thioether (sulfide) groups is 1. The predicted molar refractivity (Wildman–Crippen MR) is 163 cm³/mol. The van der Waals surface area contributed by atoms with E-state index in [1.165, 1.54) is 39.8 Å². The van der Waals surface area contributed by atoms with E-state index in [1.807, 2.05) is 34.2 Å². The van der Waals surface area contributed by atoms with E-state index in [1.54, 1.807) is 24.3 Å². The smallest absolute Gasteiger partial charge is 0.339 e. The van der Waals surface area contributed by atoms with Gasteiger partial charge in [0.15, 0.2) is 5.16 Å². The number of unbranched alkanes of at least 4 members (excludes halogenated alkanes) is 2. The Morgan fingerprint density at radius 2 is 1.84 bits per heavy atom. The second-order valence-corrected chi connectivity index (χ2v) is 12.4. The Labute approximate surface area is 255 Å². The molecule has 5 rings (SSSR count). The standard InChI is InChI=1S/C31H31F3N4O3S2/c1-21-20-36(15-16-37(21)29(41)26-13-8-18-42-26)27(39)14-3-2-6-17-43-30-35-25-12-5-4-11-24(25)28(40)38(30)23-10-7-9-22(19-23)31(32,33)34/h4-5,7-13,18-19,21H,2-3,6,14-17,20H2,1H3. The van der Waals surface area contributed by atoms with Crippen LogP contribution in [0.3, 0.4) is 0 Å². The molecule has 0 aliphatic carbocycles. The lowest BCUT2D eigenvalue weighted by atomic mass is 10.1. The highest BCUT2D eigenvalue weighted by Gasteiger charge is 2.31. The molecule has 0 spiro atoms. The summed E-state index contributed by atoms with van der Waals surface area (Å²) in [6.07, 6.45) is -1.94. The number of para-hydroxylation sites is 1. The van der Waals surface area contributed by atoms with Crippen molar-refractivity contribution in [2.45, 2.75) is 50.0 Å². The average molecular weight is 629 g/mol. The summed E-state index contributed by atoms with van der Waals surface area (Å²) in [4.78, 5) is 47.9. The zero-order chi connectivity index (χ0) is 30.6. The molecule has 1 atom stereocenters. The van der Waals surface area contributed by atoms with Crippen molar-refractivity contribution in [3.05, 3.63) is 86.8 Å². The van der Waals surface area contributed by atoms with E-state index in [0.717, 1.165) is 25.0 Å². The summed E-state index contributed by atoms with van der Waals surface area (Å²) in [7, 11) is 0. The molecule has 43 heavy (non-hydrogen) atoms. The Morgan fingerprint density at radius 3 is 2.58 bits per heavy atom. The van der Waals surface area contributed by atoms with E-state index in [9.17, 15) is 27.6 Å². The maximum atomic E-state index is 13.4. The maximum absolute atomic E-state index is 13.4. The van der Waals surface area contributed by atoms with E-state index >= 15 is 0 Å². The molecule has 1 aliphatic rings. The molecule has 0 radical (unpaired) electrons. The lowest BCUT2D eigenvalue weighted by molar-refractivity contribution is -0.137. The van der Waals surface area contributed by atoms with Gasteiger partial charge >= 0.3 is 6.18 Å². The average Bonchev–Trinajstić information content (AvgIpc) is 3.53. The SMILES string of the molecule is CC1CN(C(=O)CCCCCSc2nc3ccccc3c(=O)n2-c2cccc(C(F)(F)F)c2)CCN1C(=O)c1cccs1. The van der Waals surface area contributed by atoms with Crippen LogP contribution in [-0.4, -0.2) is 62.6 Å². The fourth-order valence-electron chi connectivity index (χ4n) is 5.16. The van der Waals surface area contributed by atoms with Crippen molar-refractivity contribution < 1.29 is 22.8 Å². The molecule has 0 N–H and O–H groups in total. The zero-order valence-electron chi connectivity index (χ0n) is 23.5. The monoisotopic (exact) mass is 628 g/mol. The quantitative estimate of drug-likeness (QED) is 0.120. The number of carbonyl (C=O) groups is 2. The third-order valence-corrected chi connectivity index (χ3v) is 9.30. The topological polar surface area (TPSA) is 75.5 Å². The van der Waals surface area contributed by atoms with Crippen molar-refractivity contribution in [3.63, 3.8) is 0 Å². The molecule has 226 valence electrons. The molecule has 2 amide bonds. The third kappa shape index (κ3) is 7.13. The Hall–Kier alpha value is -3.64. The van der Waals surface area contributed by atoms with Gasteiger partial charge in [0.2, 0.25) is 5.91 Å². The van der Waals surface area contributed by atoms with E-state index in [4.69, 9.17) is 0 Å². The first-order chi connectivity index (χ1) is 20.6. The van der Waals surface area contributed by atoms with Crippen molar-refractivity contribution in [1.29, 1.82) is 0 Å². The maximum Gasteiger partial charge on any atom is 0.416 e. The molecule has 7 nitrogen and oxygen atoms in total. The van der Waals surface area contributed by atoms with Crippen LogP contribution >= 0.6 is 23.1 Å². The minimum absolute atomic E-state index is 0.00600. The van der Waals surface area contributed by atoms with Gasteiger partial charge in [0.05, 0.1) is 27.0 Å². The molecule has 12 heteroatoms. The Kier molecular flexibility index (Phi) is 9.55. The van der Waals surface area contributed by atoms with E-state index < -0.39 is 17.3 Å². The summed E-state index contributed by atoms with van der Waals surface area (Å²) >= 11 is 2.73. The third-order valence-electron chi connectivity index (χ3n) is 7.42. The second kappa shape index (κ2) is 13.3. The Bertz CT molecular complexity index is 1660. The first kappa shape index (κ1) is 30.8. The van der Waals surface area contributed by atoms with Gasteiger partial charge in [-0.1, -0.05) is 42.4 Å². The van der Waals surface area contributed by atoms with Crippen LogP contribution in [0, 0.1) is 0 Å². The van der Waals surface area contributed by atoms with Crippen LogP contribution in [0.25, 0.3) is 16.6 Å². The van der Waals surface area contributed by atoms with Crippen LogP contribution in [0.1, 0.15) is 47.8 Å². The fraction of sp³-hybridized carbons (Fsp3) is 0.355. The molecule has 1 aliphatic heterocycles. The Morgan fingerprint density at radius 1 is 1.02 bits per heavy atom. The molecule has 2 aromatic carbocycles. The second-order valence-electron chi connectivity index (χ2n) is 10.4. The first-order valence-corrected chi connectivity index (χ1v) is 15.9. The van der Waals surface area contributed by atoms with Gasteiger partial charge < -0.3 is 9.80 Å². The number of fused-ring (bicyclic) bond motifs is 1. The molecule has 0 bridgehead atoms. The number of nitrogens with zero attached hydrogens (tertiary/aromatic N) is 4. The Balaban J connectivity index is 1.16. The van der Waals surface area contributed by atoms with Gasteiger partial charge in [-0.05, 0) is 61.5 Å². The van der Waals surface area contributed by atoms with Gasteiger partial charge in [0.25, 0.3) is 11.5 Å². The van der Waals surface area contributed by atoms with Gasteiger partial charge in [0.1, 0.15) is 0 Å². The summed E-state index contributed by atoms with van der Waals surface area (Å²) in [5, 5.41) is 2.53. The number of carbonyl (C=O) groups excluding carboxylic acids is 2. The molecule has 2 aromatic heterocycles. The molecule has 1 fully saturated rings. The van der Waals surface area contributed by atoms with E-state index in [-0.39, 0.29) is 23.5 Å². The van der Waals surface area contributed by atoms with Crippen molar-refractivity contribution >= 4 is 45.8 Å². The van der Waals surface area contributed by atoms with Crippen molar-refractivity contribution in [3.8, 4) is 5.69 Å². The van der Waals surface area contributed by atoms with Gasteiger partial charge in [-0.15, -0.1) is 11.3 Å². The largest absolute Gasteiger partial charge is 0.416 e. The molecular formula is C31H31F3N4O3S2. The molecule has 4 aromatic rings. The van der Waals surface area contributed by atoms with Gasteiger partial charge in [0, 0.05) is 37.8 Å². The summed E-state index contributed by atoms with van der Waals surface area (Å²) in [5.74, 6) is 0.655. The predicted octanol–water partition coefficient (Wildman–Crippen LogP) is 6.49. The normalized spacial score (nSPS) is 15.7. The van der Waals surface area contributed by atoms with Gasteiger partial charge in [-0.25, -0.2) is 4.98 Å². The summed E-state index contributed by atoms with van der Waals surface area (Å²) in [6, 6.07) is 15.1. The number of amides is 2. The van der Waals surface area contributed by atoms with E-state index in [2.05, 4.69) is 4.98 Å². The molecular weight excluding hydrogens is 597 g/mol. The lowest BCUT2D eigenvalue weighted by Crippen LogP contribution is -2.55. The number of aromatic nitrogens is 2. The van der Waals surface area contributed by atoms with Crippen LogP contribution in [0.4, 0.5) is 13.2 Å². The van der Waals surface area contributed by atoms with Crippen molar-refractivity contribution in [2.24, 2.45) is 0 Å². The van der Waals surface area contributed by atoms with Crippen LogP contribution in [-0.2, 0) is 11.0 Å². The zero-order valence-corrected chi connectivity index (χ0v) is 25.2. The van der Waals surface area contributed by atoms with Gasteiger partial charge in [-0.2, -0.15) is 13.2 Å². The van der Waals surface area contributed by atoms with Crippen LogP contribution in [0.5, 0.6) is 0 Å².